The Morgan fingerprint density at radius 1 is 1.44 bits per heavy atom. The Labute approximate surface area is 105 Å². The van der Waals surface area contributed by atoms with Crippen LogP contribution < -0.4 is 10.1 Å². The fourth-order valence-electron chi connectivity index (χ4n) is 1.68. The summed E-state index contributed by atoms with van der Waals surface area (Å²) in [5.41, 5.74) is 1.84. The molecule has 0 aliphatic carbocycles. The molecular weight excluding hydrogens is 233 g/mol. The van der Waals surface area contributed by atoms with Gasteiger partial charge in [0.1, 0.15) is 11.6 Å². The van der Waals surface area contributed by atoms with Crippen LogP contribution in [0.4, 0.5) is 10.1 Å². The van der Waals surface area contributed by atoms with Gasteiger partial charge in [0.15, 0.2) is 0 Å². The summed E-state index contributed by atoms with van der Waals surface area (Å²) >= 11 is 0. The Bertz CT molecular complexity index is 525. The molecule has 2 aromatic rings. The second-order valence-corrected chi connectivity index (χ2v) is 3.90. The molecule has 0 radical (unpaired) electrons. The smallest absolute Gasteiger partial charge is 0.144 e. The Hall–Kier alpha value is -2.04. The Morgan fingerprint density at radius 3 is 2.94 bits per heavy atom. The van der Waals surface area contributed by atoms with Crippen molar-refractivity contribution in [2.24, 2.45) is 0 Å². The summed E-state index contributed by atoms with van der Waals surface area (Å²) in [6.07, 6.45) is 3.79. The molecule has 2 rings (SSSR count). The Morgan fingerprint density at radius 2 is 2.28 bits per heavy atom. The number of methoxy groups -OCH3 is 1. The molecule has 0 saturated carbocycles. The molecule has 0 unspecified atom stereocenters. The summed E-state index contributed by atoms with van der Waals surface area (Å²) in [4.78, 5) is 0. The van der Waals surface area contributed by atoms with Crippen LogP contribution in [0.25, 0.3) is 0 Å². The summed E-state index contributed by atoms with van der Waals surface area (Å²) < 4.78 is 20.0. The van der Waals surface area contributed by atoms with Gasteiger partial charge in [-0.1, -0.05) is 0 Å². The van der Waals surface area contributed by atoms with Crippen LogP contribution in [0.5, 0.6) is 5.75 Å². The van der Waals surface area contributed by atoms with Gasteiger partial charge in [-0.05, 0) is 19.1 Å². The van der Waals surface area contributed by atoms with Gasteiger partial charge >= 0.3 is 0 Å². The largest absolute Gasteiger partial charge is 0.494 e. The molecule has 0 spiro atoms. The first-order chi connectivity index (χ1) is 8.72. The molecule has 0 atom stereocenters. The topological polar surface area (TPSA) is 39.1 Å². The molecule has 1 aromatic carbocycles. The third-order valence-corrected chi connectivity index (χ3v) is 2.66. The van der Waals surface area contributed by atoms with Crippen molar-refractivity contribution >= 4 is 5.69 Å². The standard InChI is InChI=1S/C13H16FN3O/c1-3-17-9-10(8-16-17)7-15-12-5-4-11(14)6-13(12)18-2/h4-6,8-9,15H,3,7H2,1-2H3. The van der Waals surface area contributed by atoms with Crippen LogP contribution in [-0.4, -0.2) is 16.9 Å². The molecule has 0 amide bonds. The number of ether oxygens (including phenoxy) is 1. The molecule has 1 N–H and O–H groups in total. The third-order valence-electron chi connectivity index (χ3n) is 2.66. The summed E-state index contributed by atoms with van der Waals surface area (Å²) in [6.45, 7) is 3.51. The number of aromatic nitrogens is 2. The molecule has 1 heterocycles. The first kappa shape index (κ1) is 12.4. The van der Waals surface area contributed by atoms with E-state index < -0.39 is 0 Å². The fourth-order valence-corrected chi connectivity index (χ4v) is 1.68. The number of aryl methyl sites for hydroxylation is 1. The van der Waals surface area contributed by atoms with E-state index in [0.29, 0.717) is 12.3 Å². The molecule has 96 valence electrons. The van der Waals surface area contributed by atoms with Crippen molar-refractivity contribution in [3.05, 3.63) is 42.0 Å². The van der Waals surface area contributed by atoms with E-state index in [1.807, 2.05) is 24.0 Å². The third kappa shape index (κ3) is 2.80. The van der Waals surface area contributed by atoms with Crippen molar-refractivity contribution in [2.75, 3.05) is 12.4 Å². The number of hydrogen-bond acceptors (Lipinski definition) is 3. The number of nitrogens with zero attached hydrogens (tertiary/aromatic N) is 2. The normalized spacial score (nSPS) is 10.4. The molecule has 4 nitrogen and oxygen atoms in total. The number of rotatable bonds is 5. The minimum Gasteiger partial charge on any atom is -0.494 e. The van der Waals surface area contributed by atoms with Crippen LogP contribution in [0.15, 0.2) is 30.6 Å². The van der Waals surface area contributed by atoms with E-state index in [4.69, 9.17) is 4.74 Å². The van der Waals surface area contributed by atoms with Crippen LogP contribution in [0.3, 0.4) is 0 Å². The van der Waals surface area contributed by atoms with E-state index in [1.54, 1.807) is 6.07 Å². The monoisotopic (exact) mass is 249 g/mol. The maximum absolute atomic E-state index is 13.0. The first-order valence-corrected chi connectivity index (χ1v) is 5.81. The fraction of sp³-hybridized carbons (Fsp3) is 0.308. The lowest BCUT2D eigenvalue weighted by molar-refractivity contribution is 0.413. The SMILES string of the molecule is CCn1cc(CNc2ccc(F)cc2OC)cn1. The number of halogens is 1. The van der Waals surface area contributed by atoms with Gasteiger partial charge in [-0.15, -0.1) is 0 Å². The van der Waals surface area contributed by atoms with E-state index in [2.05, 4.69) is 10.4 Å². The van der Waals surface area contributed by atoms with Gasteiger partial charge in [0.05, 0.1) is 19.0 Å². The lowest BCUT2D eigenvalue weighted by Crippen LogP contribution is -2.01. The number of hydrogen-bond donors (Lipinski definition) is 1. The zero-order valence-electron chi connectivity index (χ0n) is 10.5. The van der Waals surface area contributed by atoms with E-state index >= 15 is 0 Å². The zero-order valence-corrected chi connectivity index (χ0v) is 10.5. The molecule has 18 heavy (non-hydrogen) atoms. The van der Waals surface area contributed by atoms with Crippen molar-refractivity contribution in [3.8, 4) is 5.75 Å². The average molecular weight is 249 g/mol. The maximum Gasteiger partial charge on any atom is 0.144 e. The summed E-state index contributed by atoms with van der Waals surface area (Å²) in [5, 5.41) is 7.39. The van der Waals surface area contributed by atoms with Gasteiger partial charge in [-0.2, -0.15) is 5.10 Å². The Balaban J connectivity index is 2.05. The summed E-state index contributed by atoms with van der Waals surface area (Å²) in [6, 6.07) is 4.43. The number of nitrogens with one attached hydrogen (secondary N) is 1. The highest BCUT2D eigenvalue weighted by Gasteiger charge is 2.04. The molecule has 1 aromatic heterocycles. The highest BCUT2D eigenvalue weighted by Crippen LogP contribution is 2.25. The van der Waals surface area contributed by atoms with Gasteiger partial charge in [0, 0.05) is 30.9 Å². The molecule has 0 fully saturated rings. The second kappa shape index (κ2) is 5.53. The summed E-state index contributed by atoms with van der Waals surface area (Å²) in [5.74, 6) is 0.189. The zero-order chi connectivity index (χ0) is 13.0. The van der Waals surface area contributed by atoms with Crippen LogP contribution in [-0.2, 0) is 13.1 Å². The lowest BCUT2D eigenvalue weighted by Gasteiger charge is -2.10. The molecular formula is C13H16FN3O. The van der Waals surface area contributed by atoms with E-state index in [-0.39, 0.29) is 5.82 Å². The molecule has 0 saturated heterocycles. The Kier molecular flexibility index (Phi) is 3.82. The maximum atomic E-state index is 13.0. The molecule has 5 heteroatoms. The number of benzene rings is 1. The van der Waals surface area contributed by atoms with Crippen LogP contribution in [0, 0.1) is 5.82 Å². The minimum atomic E-state index is -0.309. The van der Waals surface area contributed by atoms with E-state index in [0.717, 1.165) is 17.8 Å². The van der Waals surface area contributed by atoms with Gasteiger partial charge in [-0.25, -0.2) is 4.39 Å². The number of anilines is 1. The van der Waals surface area contributed by atoms with Crippen molar-refractivity contribution in [3.63, 3.8) is 0 Å². The average Bonchev–Trinajstić information content (AvgIpc) is 2.85. The minimum absolute atomic E-state index is 0.309. The van der Waals surface area contributed by atoms with Gasteiger partial charge < -0.3 is 10.1 Å². The van der Waals surface area contributed by atoms with Gasteiger partial charge in [0.2, 0.25) is 0 Å². The van der Waals surface area contributed by atoms with E-state index in [9.17, 15) is 4.39 Å². The van der Waals surface area contributed by atoms with Gasteiger partial charge in [0.25, 0.3) is 0 Å². The van der Waals surface area contributed by atoms with Crippen molar-refractivity contribution in [2.45, 2.75) is 20.0 Å². The summed E-state index contributed by atoms with van der Waals surface area (Å²) in [7, 11) is 1.52. The van der Waals surface area contributed by atoms with Crippen LogP contribution >= 0.6 is 0 Å². The van der Waals surface area contributed by atoms with Crippen LogP contribution in [0.2, 0.25) is 0 Å². The van der Waals surface area contributed by atoms with Crippen LogP contribution in [0.1, 0.15) is 12.5 Å². The lowest BCUT2D eigenvalue weighted by atomic mass is 10.2. The second-order valence-electron chi connectivity index (χ2n) is 3.90. The highest BCUT2D eigenvalue weighted by atomic mass is 19.1. The predicted molar refractivity (Wildman–Crippen MR) is 68.2 cm³/mol. The van der Waals surface area contributed by atoms with E-state index in [1.165, 1.54) is 19.2 Å². The van der Waals surface area contributed by atoms with Crippen molar-refractivity contribution in [1.82, 2.24) is 9.78 Å². The highest BCUT2D eigenvalue weighted by molar-refractivity contribution is 5.56. The van der Waals surface area contributed by atoms with Crippen molar-refractivity contribution < 1.29 is 9.13 Å². The van der Waals surface area contributed by atoms with Crippen molar-refractivity contribution in [1.29, 1.82) is 0 Å². The molecule has 0 aliphatic heterocycles. The molecule has 0 aliphatic rings. The predicted octanol–water partition coefficient (Wildman–Crippen LogP) is 2.66. The first-order valence-electron chi connectivity index (χ1n) is 5.81. The quantitative estimate of drug-likeness (QED) is 0.885. The van der Waals surface area contributed by atoms with Gasteiger partial charge in [-0.3, -0.25) is 4.68 Å². The molecule has 0 bridgehead atoms.